The predicted molar refractivity (Wildman–Crippen MR) is 104 cm³/mol. The number of nitrogens with one attached hydrogen (secondary N) is 1. The molecule has 0 saturated carbocycles. The van der Waals surface area contributed by atoms with E-state index >= 15 is 0 Å². The van der Waals surface area contributed by atoms with E-state index in [-0.39, 0.29) is 11.7 Å². The van der Waals surface area contributed by atoms with Crippen molar-refractivity contribution in [2.45, 2.75) is 34.1 Å². The van der Waals surface area contributed by atoms with E-state index < -0.39 is 0 Å². The molecule has 0 saturated heterocycles. The van der Waals surface area contributed by atoms with Gasteiger partial charge in [0.2, 0.25) is 0 Å². The monoisotopic (exact) mass is 337 g/mol. The molecule has 0 spiro atoms. The minimum absolute atomic E-state index is 0.0670. The molecule has 0 aliphatic heterocycles. The summed E-state index contributed by atoms with van der Waals surface area (Å²) in [6.45, 7) is 9.16. The van der Waals surface area contributed by atoms with Crippen molar-refractivity contribution in [3.8, 4) is 0 Å². The standard InChI is InChI=1S/C21H27N3O/c1-15(2)14-22-18-9-11-20(12-10-18)24-23-19-7-5-17(6-8-19)13-21(25)16(3)4/h5-12,15-16,22H,13-14H2,1-4H3. The molecular weight excluding hydrogens is 310 g/mol. The van der Waals surface area contributed by atoms with Crippen LogP contribution in [0.3, 0.4) is 0 Å². The summed E-state index contributed by atoms with van der Waals surface area (Å²) < 4.78 is 0. The summed E-state index contributed by atoms with van der Waals surface area (Å²) >= 11 is 0. The van der Waals surface area contributed by atoms with Gasteiger partial charge in [-0.15, -0.1) is 0 Å². The topological polar surface area (TPSA) is 53.8 Å². The number of nitrogens with zero attached hydrogens (tertiary/aromatic N) is 2. The summed E-state index contributed by atoms with van der Waals surface area (Å²) in [4.78, 5) is 11.8. The summed E-state index contributed by atoms with van der Waals surface area (Å²) in [5, 5.41) is 11.9. The number of benzene rings is 2. The molecule has 4 heteroatoms. The molecule has 0 bridgehead atoms. The second-order valence-corrected chi connectivity index (χ2v) is 6.99. The lowest BCUT2D eigenvalue weighted by Gasteiger charge is -2.08. The number of rotatable bonds is 8. The van der Waals surface area contributed by atoms with Gasteiger partial charge in [-0.05, 0) is 47.9 Å². The van der Waals surface area contributed by atoms with E-state index in [1.54, 1.807) is 0 Å². The van der Waals surface area contributed by atoms with Crippen LogP contribution in [0.5, 0.6) is 0 Å². The Morgan fingerprint density at radius 1 is 0.880 bits per heavy atom. The SMILES string of the molecule is CC(C)CNc1ccc(N=Nc2ccc(CC(=O)C(C)C)cc2)cc1. The Balaban J connectivity index is 1.93. The van der Waals surface area contributed by atoms with Crippen LogP contribution in [-0.4, -0.2) is 12.3 Å². The highest BCUT2D eigenvalue weighted by atomic mass is 16.1. The molecule has 0 aliphatic carbocycles. The Kier molecular flexibility index (Phi) is 6.87. The number of Topliss-reactive ketones (excluding diaryl/α,β-unsaturated/α-hetero) is 1. The van der Waals surface area contributed by atoms with Crippen molar-refractivity contribution < 1.29 is 4.79 Å². The van der Waals surface area contributed by atoms with E-state index in [0.29, 0.717) is 12.3 Å². The Hall–Kier alpha value is -2.49. The molecule has 0 unspecified atom stereocenters. The smallest absolute Gasteiger partial charge is 0.139 e. The van der Waals surface area contributed by atoms with E-state index in [2.05, 4.69) is 29.4 Å². The van der Waals surface area contributed by atoms with Gasteiger partial charge in [-0.3, -0.25) is 4.79 Å². The zero-order chi connectivity index (χ0) is 18.2. The quantitative estimate of drug-likeness (QED) is 0.606. The number of anilines is 1. The second kappa shape index (κ2) is 9.11. The van der Waals surface area contributed by atoms with Gasteiger partial charge in [-0.25, -0.2) is 0 Å². The highest BCUT2D eigenvalue weighted by molar-refractivity contribution is 5.82. The molecule has 0 amide bonds. The summed E-state index contributed by atoms with van der Waals surface area (Å²) in [6.07, 6.45) is 0.472. The first kappa shape index (κ1) is 18.8. The molecule has 4 nitrogen and oxygen atoms in total. The third-order valence-electron chi connectivity index (χ3n) is 3.82. The minimum atomic E-state index is 0.0670. The summed E-state index contributed by atoms with van der Waals surface area (Å²) in [6, 6.07) is 15.6. The van der Waals surface area contributed by atoms with E-state index in [0.717, 1.165) is 29.2 Å². The molecule has 0 radical (unpaired) electrons. The van der Waals surface area contributed by atoms with Crippen molar-refractivity contribution in [3.63, 3.8) is 0 Å². The fraction of sp³-hybridized carbons (Fsp3) is 0.381. The predicted octanol–water partition coefficient (Wildman–Crippen LogP) is 5.94. The highest BCUT2D eigenvalue weighted by Crippen LogP contribution is 2.21. The summed E-state index contributed by atoms with van der Waals surface area (Å²) in [7, 11) is 0. The molecular formula is C21H27N3O. The Morgan fingerprint density at radius 2 is 1.40 bits per heavy atom. The van der Waals surface area contributed by atoms with Crippen LogP contribution >= 0.6 is 0 Å². The Bertz CT molecular complexity index is 701. The van der Waals surface area contributed by atoms with Gasteiger partial charge in [-0.2, -0.15) is 10.2 Å². The maximum Gasteiger partial charge on any atom is 0.139 e. The van der Waals surface area contributed by atoms with E-state index in [1.807, 2.05) is 62.4 Å². The first-order valence-electron chi connectivity index (χ1n) is 8.81. The van der Waals surface area contributed by atoms with Gasteiger partial charge in [-0.1, -0.05) is 39.8 Å². The molecule has 2 aromatic carbocycles. The molecule has 1 N–H and O–H groups in total. The van der Waals surface area contributed by atoms with Gasteiger partial charge < -0.3 is 5.32 Å². The normalized spacial score (nSPS) is 11.4. The number of hydrogen-bond donors (Lipinski definition) is 1. The lowest BCUT2D eigenvalue weighted by molar-refractivity contribution is -0.121. The van der Waals surface area contributed by atoms with Crippen LogP contribution in [0, 0.1) is 11.8 Å². The molecule has 2 rings (SSSR count). The molecule has 0 fully saturated rings. The lowest BCUT2D eigenvalue weighted by Crippen LogP contribution is -2.09. The Labute approximate surface area is 150 Å². The lowest BCUT2D eigenvalue weighted by atomic mass is 10.0. The van der Waals surface area contributed by atoms with Gasteiger partial charge in [0.1, 0.15) is 5.78 Å². The number of carbonyl (C=O) groups is 1. The maximum atomic E-state index is 11.8. The molecule has 0 aromatic heterocycles. The van der Waals surface area contributed by atoms with Crippen LogP contribution in [0.15, 0.2) is 58.8 Å². The molecule has 132 valence electrons. The van der Waals surface area contributed by atoms with Crippen LogP contribution in [0.2, 0.25) is 0 Å². The van der Waals surface area contributed by atoms with Crippen LogP contribution in [0.1, 0.15) is 33.3 Å². The first-order valence-corrected chi connectivity index (χ1v) is 8.81. The highest BCUT2D eigenvalue weighted by Gasteiger charge is 2.07. The van der Waals surface area contributed by atoms with Crippen LogP contribution in [-0.2, 0) is 11.2 Å². The van der Waals surface area contributed by atoms with Crippen molar-refractivity contribution >= 4 is 22.8 Å². The van der Waals surface area contributed by atoms with E-state index in [1.165, 1.54) is 0 Å². The van der Waals surface area contributed by atoms with Crippen molar-refractivity contribution in [1.29, 1.82) is 0 Å². The van der Waals surface area contributed by atoms with Gasteiger partial charge in [0.15, 0.2) is 0 Å². The van der Waals surface area contributed by atoms with Gasteiger partial charge in [0, 0.05) is 24.6 Å². The van der Waals surface area contributed by atoms with Gasteiger partial charge >= 0.3 is 0 Å². The molecule has 2 aromatic rings. The molecule has 25 heavy (non-hydrogen) atoms. The largest absolute Gasteiger partial charge is 0.385 e. The van der Waals surface area contributed by atoms with Crippen molar-refractivity contribution in [2.75, 3.05) is 11.9 Å². The number of hydrogen-bond acceptors (Lipinski definition) is 4. The van der Waals surface area contributed by atoms with Crippen molar-refractivity contribution in [1.82, 2.24) is 0 Å². The van der Waals surface area contributed by atoms with Crippen molar-refractivity contribution in [2.24, 2.45) is 22.1 Å². The molecule has 0 atom stereocenters. The zero-order valence-corrected chi connectivity index (χ0v) is 15.5. The number of carbonyl (C=O) groups excluding carboxylic acids is 1. The zero-order valence-electron chi connectivity index (χ0n) is 15.5. The average Bonchev–Trinajstić information content (AvgIpc) is 2.60. The second-order valence-electron chi connectivity index (χ2n) is 6.99. The molecule has 0 aliphatic rings. The van der Waals surface area contributed by atoms with E-state index in [9.17, 15) is 4.79 Å². The fourth-order valence-electron chi connectivity index (χ4n) is 2.17. The number of ketones is 1. The van der Waals surface area contributed by atoms with Crippen LogP contribution in [0.4, 0.5) is 17.1 Å². The minimum Gasteiger partial charge on any atom is -0.385 e. The van der Waals surface area contributed by atoms with Gasteiger partial charge in [0.05, 0.1) is 11.4 Å². The third-order valence-corrected chi connectivity index (χ3v) is 3.82. The van der Waals surface area contributed by atoms with Crippen LogP contribution < -0.4 is 5.32 Å². The van der Waals surface area contributed by atoms with Crippen LogP contribution in [0.25, 0.3) is 0 Å². The number of azo groups is 1. The maximum absolute atomic E-state index is 11.8. The van der Waals surface area contributed by atoms with Gasteiger partial charge in [0.25, 0.3) is 0 Å². The average molecular weight is 337 g/mol. The van der Waals surface area contributed by atoms with Crippen molar-refractivity contribution in [3.05, 3.63) is 54.1 Å². The molecule has 0 heterocycles. The van der Waals surface area contributed by atoms with E-state index in [4.69, 9.17) is 0 Å². The Morgan fingerprint density at radius 3 is 1.88 bits per heavy atom. The summed E-state index contributed by atoms with van der Waals surface area (Å²) in [5.41, 5.74) is 3.70. The third kappa shape index (κ3) is 6.49. The summed E-state index contributed by atoms with van der Waals surface area (Å²) in [5.74, 6) is 0.927. The first-order chi connectivity index (χ1) is 11.9. The fourth-order valence-corrected chi connectivity index (χ4v) is 2.17.